The summed E-state index contributed by atoms with van der Waals surface area (Å²) >= 11 is 0. The van der Waals surface area contributed by atoms with Gasteiger partial charge in [0.15, 0.2) is 0 Å². The standard InChI is InChI=1S/C13H26N4/c1-11(9-13(14)15)17-8-5-12(10-17)16-6-3-2-4-7-16/h11-12H,2-10H2,1H3,(H3,14,15). The Labute approximate surface area is 105 Å². The molecule has 2 fully saturated rings. The van der Waals surface area contributed by atoms with Crippen LogP contribution in [0.5, 0.6) is 0 Å². The van der Waals surface area contributed by atoms with Crippen molar-refractivity contribution >= 4 is 5.84 Å². The molecule has 98 valence electrons. The summed E-state index contributed by atoms with van der Waals surface area (Å²) in [6.07, 6.45) is 6.17. The molecule has 0 aliphatic carbocycles. The van der Waals surface area contributed by atoms with Gasteiger partial charge >= 0.3 is 0 Å². The number of rotatable bonds is 4. The lowest BCUT2D eigenvalue weighted by atomic mass is 10.1. The number of hydrogen-bond acceptors (Lipinski definition) is 3. The normalized spacial score (nSPS) is 29.4. The number of hydrogen-bond donors (Lipinski definition) is 2. The van der Waals surface area contributed by atoms with E-state index in [0.29, 0.717) is 18.3 Å². The maximum absolute atomic E-state index is 7.38. The van der Waals surface area contributed by atoms with Gasteiger partial charge in [0, 0.05) is 31.6 Å². The SMILES string of the molecule is CC(CC(=N)N)N1CCC(N2CCCCC2)C1. The highest BCUT2D eigenvalue weighted by Crippen LogP contribution is 2.22. The summed E-state index contributed by atoms with van der Waals surface area (Å²) in [6, 6.07) is 1.19. The van der Waals surface area contributed by atoms with Crippen LogP contribution in [0.15, 0.2) is 0 Å². The van der Waals surface area contributed by atoms with E-state index in [1.54, 1.807) is 0 Å². The highest BCUT2D eigenvalue weighted by Gasteiger charge is 2.30. The Kier molecular flexibility index (Phi) is 4.40. The molecule has 0 amide bonds. The number of nitrogens with two attached hydrogens (primary N) is 1. The molecule has 2 saturated heterocycles. The highest BCUT2D eigenvalue weighted by atomic mass is 15.3. The Morgan fingerprint density at radius 3 is 2.65 bits per heavy atom. The van der Waals surface area contributed by atoms with E-state index in [-0.39, 0.29) is 0 Å². The molecule has 2 aliphatic rings. The van der Waals surface area contributed by atoms with Crippen LogP contribution in [0.2, 0.25) is 0 Å². The van der Waals surface area contributed by atoms with Crippen LogP contribution in [0.25, 0.3) is 0 Å². The van der Waals surface area contributed by atoms with E-state index in [4.69, 9.17) is 11.1 Å². The van der Waals surface area contributed by atoms with E-state index in [0.717, 1.165) is 6.04 Å². The van der Waals surface area contributed by atoms with Gasteiger partial charge in [0.2, 0.25) is 0 Å². The van der Waals surface area contributed by atoms with E-state index in [2.05, 4.69) is 16.7 Å². The van der Waals surface area contributed by atoms with E-state index in [1.165, 1.54) is 51.9 Å². The fourth-order valence-corrected chi connectivity index (χ4v) is 3.20. The summed E-state index contributed by atoms with van der Waals surface area (Å²) in [7, 11) is 0. The molecule has 2 aliphatic heterocycles. The Morgan fingerprint density at radius 2 is 2.00 bits per heavy atom. The molecule has 2 rings (SSSR count). The fraction of sp³-hybridized carbons (Fsp3) is 0.923. The Hall–Kier alpha value is -0.610. The van der Waals surface area contributed by atoms with Gasteiger partial charge in [0.05, 0.1) is 5.84 Å². The van der Waals surface area contributed by atoms with Crippen molar-refractivity contribution < 1.29 is 0 Å². The van der Waals surface area contributed by atoms with Crippen molar-refractivity contribution in [2.45, 2.75) is 51.1 Å². The number of amidine groups is 1. The molecular weight excluding hydrogens is 212 g/mol. The number of nitrogens with zero attached hydrogens (tertiary/aromatic N) is 2. The molecule has 0 aromatic rings. The Bertz CT molecular complexity index is 260. The van der Waals surface area contributed by atoms with Crippen LogP contribution in [0, 0.1) is 5.41 Å². The third-order valence-electron chi connectivity index (χ3n) is 4.24. The molecule has 0 saturated carbocycles. The van der Waals surface area contributed by atoms with Crippen molar-refractivity contribution in [2.75, 3.05) is 26.2 Å². The molecule has 0 spiro atoms. The summed E-state index contributed by atoms with van der Waals surface area (Å²) in [5.41, 5.74) is 5.48. The molecule has 2 unspecified atom stereocenters. The molecule has 4 heteroatoms. The summed E-state index contributed by atoms with van der Waals surface area (Å²) in [5, 5.41) is 7.38. The maximum Gasteiger partial charge on any atom is 0.0920 e. The zero-order chi connectivity index (χ0) is 12.3. The monoisotopic (exact) mass is 238 g/mol. The van der Waals surface area contributed by atoms with Gasteiger partial charge in [-0.3, -0.25) is 15.2 Å². The second-order valence-corrected chi connectivity index (χ2v) is 5.61. The average molecular weight is 238 g/mol. The summed E-state index contributed by atoms with van der Waals surface area (Å²) in [5.74, 6) is 0.318. The zero-order valence-corrected chi connectivity index (χ0v) is 11.0. The van der Waals surface area contributed by atoms with Crippen LogP contribution in [0.1, 0.15) is 39.0 Å². The van der Waals surface area contributed by atoms with Crippen molar-refractivity contribution in [1.82, 2.24) is 9.80 Å². The lowest BCUT2D eigenvalue weighted by molar-refractivity contribution is 0.155. The van der Waals surface area contributed by atoms with E-state index >= 15 is 0 Å². The van der Waals surface area contributed by atoms with Gasteiger partial charge in [-0.25, -0.2) is 0 Å². The first-order valence-electron chi connectivity index (χ1n) is 6.98. The predicted molar refractivity (Wildman–Crippen MR) is 71.4 cm³/mol. The second-order valence-electron chi connectivity index (χ2n) is 5.61. The van der Waals surface area contributed by atoms with Gasteiger partial charge in [0.25, 0.3) is 0 Å². The van der Waals surface area contributed by atoms with Crippen molar-refractivity contribution in [2.24, 2.45) is 5.73 Å². The first kappa shape index (κ1) is 12.8. The van der Waals surface area contributed by atoms with Crippen LogP contribution in [0.4, 0.5) is 0 Å². The zero-order valence-electron chi connectivity index (χ0n) is 11.0. The van der Waals surface area contributed by atoms with Crippen LogP contribution >= 0.6 is 0 Å². The number of piperidine rings is 1. The van der Waals surface area contributed by atoms with Crippen LogP contribution in [-0.4, -0.2) is 53.9 Å². The molecule has 2 atom stereocenters. The molecule has 2 heterocycles. The maximum atomic E-state index is 7.38. The largest absolute Gasteiger partial charge is 0.388 e. The van der Waals surface area contributed by atoms with E-state index in [9.17, 15) is 0 Å². The van der Waals surface area contributed by atoms with Crippen molar-refractivity contribution in [1.29, 1.82) is 5.41 Å². The Morgan fingerprint density at radius 1 is 1.29 bits per heavy atom. The van der Waals surface area contributed by atoms with Gasteiger partial charge < -0.3 is 5.73 Å². The molecule has 4 nitrogen and oxygen atoms in total. The first-order valence-corrected chi connectivity index (χ1v) is 6.98. The highest BCUT2D eigenvalue weighted by molar-refractivity contribution is 5.77. The van der Waals surface area contributed by atoms with E-state index < -0.39 is 0 Å². The molecular formula is C13H26N4. The third kappa shape index (κ3) is 3.42. The van der Waals surface area contributed by atoms with Crippen molar-refractivity contribution in [3.63, 3.8) is 0 Å². The van der Waals surface area contributed by atoms with Gasteiger partial charge in [-0.15, -0.1) is 0 Å². The lowest BCUT2D eigenvalue weighted by Crippen LogP contribution is -2.42. The summed E-state index contributed by atoms with van der Waals surface area (Å²) < 4.78 is 0. The van der Waals surface area contributed by atoms with Gasteiger partial charge in [0.1, 0.15) is 0 Å². The number of nitrogens with one attached hydrogen (secondary N) is 1. The molecule has 0 aromatic heterocycles. The minimum absolute atomic E-state index is 0.318. The van der Waals surface area contributed by atoms with Crippen molar-refractivity contribution in [3.8, 4) is 0 Å². The van der Waals surface area contributed by atoms with Crippen LogP contribution in [0.3, 0.4) is 0 Å². The van der Waals surface area contributed by atoms with E-state index in [1.807, 2.05) is 0 Å². The Balaban J connectivity index is 1.79. The molecule has 17 heavy (non-hydrogen) atoms. The van der Waals surface area contributed by atoms with Gasteiger partial charge in [-0.1, -0.05) is 6.42 Å². The number of likely N-dealkylation sites (tertiary alicyclic amines) is 2. The summed E-state index contributed by atoms with van der Waals surface area (Å²) in [6.45, 7) is 7.13. The fourth-order valence-electron chi connectivity index (χ4n) is 3.20. The van der Waals surface area contributed by atoms with Crippen LogP contribution in [-0.2, 0) is 0 Å². The molecule has 0 aromatic carbocycles. The van der Waals surface area contributed by atoms with Crippen molar-refractivity contribution in [3.05, 3.63) is 0 Å². The third-order valence-corrected chi connectivity index (χ3v) is 4.24. The average Bonchev–Trinajstić information content (AvgIpc) is 2.78. The smallest absolute Gasteiger partial charge is 0.0920 e. The van der Waals surface area contributed by atoms with Gasteiger partial charge in [-0.05, 0) is 39.3 Å². The summed E-state index contributed by atoms with van der Waals surface area (Å²) in [4.78, 5) is 5.17. The predicted octanol–water partition coefficient (Wildman–Crippen LogP) is 1.26. The minimum Gasteiger partial charge on any atom is -0.388 e. The lowest BCUT2D eigenvalue weighted by Gasteiger charge is -2.33. The van der Waals surface area contributed by atoms with Gasteiger partial charge in [-0.2, -0.15) is 0 Å². The minimum atomic E-state index is 0.318. The molecule has 3 N–H and O–H groups in total. The molecule has 0 bridgehead atoms. The second kappa shape index (κ2) is 5.83. The topological polar surface area (TPSA) is 56.4 Å². The quantitative estimate of drug-likeness (QED) is 0.573. The van der Waals surface area contributed by atoms with Crippen LogP contribution < -0.4 is 5.73 Å². The molecule has 0 radical (unpaired) electrons. The first-order chi connectivity index (χ1) is 8.16.